The Balaban J connectivity index is 1.59. The van der Waals surface area contributed by atoms with Crippen LogP contribution < -0.4 is 23.7 Å². The fourth-order valence-electron chi connectivity index (χ4n) is 4.39. The number of aromatic hydroxyl groups is 1. The number of carbonyl (C=O) groups excluding carboxylic acids is 2. The van der Waals surface area contributed by atoms with E-state index in [4.69, 9.17) is 23.7 Å². The van der Waals surface area contributed by atoms with E-state index in [0.717, 1.165) is 0 Å². The molecular formula is C27H22O8. The van der Waals surface area contributed by atoms with Crippen LogP contribution in [0, 0.1) is 0 Å². The Morgan fingerprint density at radius 1 is 0.914 bits per heavy atom. The van der Waals surface area contributed by atoms with Gasteiger partial charge in [-0.2, -0.15) is 0 Å². The van der Waals surface area contributed by atoms with E-state index in [1.807, 2.05) is 0 Å². The first kappa shape index (κ1) is 22.3. The third-order valence-corrected chi connectivity index (χ3v) is 6.11. The Hall–Kier alpha value is -4.46. The van der Waals surface area contributed by atoms with Gasteiger partial charge in [0.1, 0.15) is 23.0 Å². The number of fused-ring (bicyclic) bond motifs is 3. The van der Waals surface area contributed by atoms with Gasteiger partial charge < -0.3 is 28.8 Å². The molecule has 2 aliphatic rings. The molecule has 3 aromatic carbocycles. The summed E-state index contributed by atoms with van der Waals surface area (Å²) >= 11 is 0. The molecule has 0 aliphatic carbocycles. The topological polar surface area (TPSA) is 101 Å². The summed E-state index contributed by atoms with van der Waals surface area (Å²) in [6, 6.07) is 13.4. The van der Waals surface area contributed by atoms with Crippen LogP contribution in [-0.4, -0.2) is 38.2 Å². The molecule has 0 aromatic heterocycles. The molecular weight excluding hydrogens is 452 g/mol. The molecule has 0 fully saturated rings. The van der Waals surface area contributed by atoms with Crippen LogP contribution in [0.5, 0.6) is 34.5 Å². The molecule has 2 aliphatic heterocycles. The number of phenols is 1. The average Bonchev–Trinajstić information content (AvgIpc) is 3.18. The van der Waals surface area contributed by atoms with Gasteiger partial charge in [0.25, 0.3) is 0 Å². The van der Waals surface area contributed by atoms with Crippen molar-refractivity contribution in [3.05, 3.63) is 76.5 Å². The molecule has 1 N–H and O–H groups in total. The van der Waals surface area contributed by atoms with Gasteiger partial charge in [-0.15, -0.1) is 0 Å². The van der Waals surface area contributed by atoms with E-state index in [-0.39, 0.29) is 23.7 Å². The van der Waals surface area contributed by atoms with Gasteiger partial charge in [0.2, 0.25) is 5.78 Å². The first-order valence-corrected chi connectivity index (χ1v) is 10.8. The van der Waals surface area contributed by atoms with E-state index in [9.17, 15) is 14.7 Å². The minimum atomic E-state index is -0.485. The van der Waals surface area contributed by atoms with Crippen molar-refractivity contribution < 1.29 is 38.4 Å². The number of benzene rings is 3. The van der Waals surface area contributed by atoms with Crippen molar-refractivity contribution in [2.75, 3.05) is 21.3 Å². The molecule has 3 aromatic rings. The number of esters is 1. The van der Waals surface area contributed by atoms with Crippen LogP contribution in [0.2, 0.25) is 0 Å². The van der Waals surface area contributed by atoms with Crippen molar-refractivity contribution in [2.45, 2.75) is 12.3 Å². The SMILES string of the molecule is COc1ccc(/C=C2\Oc3c(ccc4c3C(c3ccc(OC)c(O)c3)CC(=O)O4)C2=O)c(OC)c1. The summed E-state index contributed by atoms with van der Waals surface area (Å²) in [5.74, 6) is 0.966. The second kappa shape index (κ2) is 8.72. The van der Waals surface area contributed by atoms with Crippen LogP contribution in [0.3, 0.4) is 0 Å². The lowest BCUT2D eigenvalue weighted by Gasteiger charge is -2.26. The summed E-state index contributed by atoms with van der Waals surface area (Å²) in [4.78, 5) is 25.6. The number of ether oxygens (including phenoxy) is 5. The van der Waals surface area contributed by atoms with Crippen molar-refractivity contribution in [2.24, 2.45) is 0 Å². The van der Waals surface area contributed by atoms with Gasteiger partial charge in [0, 0.05) is 23.1 Å². The molecule has 8 heteroatoms. The van der Waals surface area contributed by atoms with Crippen molar-refractivity contribution in [1.82, 2.24) is 0 Å². The number of phenolic OH excluding ortho intramolecular Hbond substituents is 1. The number of Topliss-reactive ketones (excluding diaryl/α,β-unsaturated/α-hetero) is 1. The van der Waals surface area contributed by atoms with Gasteiger partial charge in [-0.1, -0.05) is 6.07 Å². The summed E-state index contributed by atoms with van der Waals surface area (Å²) in [6.07, 6.45) is 1.63. The first-order chi connectivity index (χ1) is 16.9. The fraction of sp³-hybridized carbons (Fsp3) is 0.185. The Morgan fingerprint density at radius 2 is 1.71 bits per heavy atom. The molecule has 35 heavy (non-hydrogen) atoms. The normalized spacial score (nSPS) is 17.3. The maximum absolute atomic E-state index is 13.2. The lowest BCUT2D eigenvalue weighted by atomic mass is 9.84. The average molecular weight is 474 g/mol. The lowest BCUT2D eigenvalue weighted by molar-refractivity contribution is -0.135. The van der Waals surface area contributed by atoms with E-state index >= 15 is 0 Å². The quantitative estimate of drug-likeness (QED) is 0.328. The van der Waals surface area contributed by atoms with E-state index < -0.39 is 11.9 Å². The molecule has 0 spiro atoms. The molecule has 8 nitrogen and oxygen atoms in total. The second-order valence-electron chi connectivity index (χ2n) is 8.06. The molecule has 0 amide bonds. The van der Waals surface area contributed by atoms with Crippen LogP contribution in [0.15, 0.2) is 54.3 Å². The minimum Gasteiger partial charge on any atom is -0.504 e. The van der Waals surface area contributed by atoms with Gasteiger partial charge in [-0.3, -0.25) is 9.59 Å². The zero-order chi connectivity index (χ0) is 24.7. The Labute approximate surface area is 201 Å². The van der Waals surface area contributed by atoms with Gasteiger partial charge in [0.05, 0.1) is 33.3 Å². The van der Waals surface area contributed by atoms with Gasteiger partial charge in [-0.05, 0) is 48.0 Å². The Bertz CT molecular complexity index is 1390. The number of methoxy groups -OCH3 is 3. The minimum absolute atomic E-state index is 0.0259. The summed E-state index contributed by atoms with van der Waals surface area (Å²) in [6.45, 7) is 0. The highest BCUT2D eigenvalue weighted by Crippen LogP contribution is 2.49. The van der Waals surface area contributed by atoms with Crippen molar-refractivity contribution in [3.63, 3.8) is 0 Å². The highest BCUT2D eigenvalue weighted by molar-refractivity contribution is 6.15. The molecule has 0 saturated carbocycles. The highest BCUT2D eigenvalue weighted by atomic mass is 16.5. The molecule has 2 heterocycles. The maximum atomic E-state index is 13.2. The maximum Gasteiger partial charge on any atom is 0.312 e. The van der Waals surface area contributed by atoms with Gasteiger partial charge >= 0.3 is 5.97 Å². The molecule has 0 saturated heterocycles. The zero-order valence-electron chi connectivity index (χ0n) is 19.3. The summed E-state index contributed by atoms with van der Waals surface area (Å²) in [7, 11) is 4.55. The number of rotatable bonds is 5. The third-order valence-electron chi connectivity index (χ3n) is 6.11. The van der Waals surface area contributed by atoms with Crippen molar-refractivity contribution >= 4 is 17.8 Å². The summed E-state index contributed by atoms with van der Waals surface area (Å²) < 4.78 is 27.4. The van der Waals surface area contributed by atoms with E-state index in [2.05, 4.69) is 0 Å². The van der Waals surface area contributed by atoms with Gasteiger partial charge in [-0.25, -0.2) is 0 Å². The van der Waals surface area contributed by atoms with Crippen LogP contribution >= 0.6 is 0 Å². The number of hydrogen-bond donors (Lipinski definition) is 1. The number of allylic oxidation sites excluding steroid dienone is 1. The number of ketones is 1. The molecule has 178 valence electrons. The monoisotopic (exact) mass is 474 g/mol. The fourth-order valence-corrected chi connectivity index (χ4v) is 4.39. The molecule has 0 bridgehead atoms. The van der Waals surface area contributed by atoms with Gasteiger partial charge in [0.15, 0.2) is 17.3 Å². The number of carbonyl (C=O) groups is 2. The van der Waals surface area contributed by atoms with Crippen LogP contribution in [0.4, 0.5) is 0 Å². The Morgan fingerprint density at radius 3 is 2.43 bits per heavy atom. The predicted molar refractivity (Wildman–Crippen MR) is 126 cm³/mol. The van der Waals surface area contributed by atoms with Crippen molar-refractivity contribution in [1.29, 1.82) is 0 Å². The summed E-state index contributed by atoms with van der Waals surface area (Å²) in [5, 5.41) is 10.3. The second-order valence-corrected chi connectivity index (χ2v) is 8.06. The zero-order valence-corrected chi connectivity index (χ0v) is 19.3. The Kier molecular flexibility index (Phi) is 5.56. The molecule has 0 radical (unpaired) electrons. The summed E-state index contributed by atoms with van der Waals surface area (Å²) in [5.41, 5.74) is 2.24. The molecule has 5 rings (SSSR count). The highest BCUT2D eigenvalue weighted by Gasteiger charge is 2.38. The van der Waals surface area contributed by atoms with E-state index in [1.165, 1.54) is 14.2 Å². The predicted octanol–water partition coefficient (Wildman–Crippen LogP) is 4.48. The standard InChI is InChI=1S/C27H22O8/c1-31-16-6-4-15(22(12-16)33-3)11-23-26(30)17-7-9-21-25(27(17)35-23)18(13-24(29)34-21)14-5-8-20(32-2)19(28)10-14/h4-12,18,28H,13H2,1-3H3/b23-11-. The number of hydrogen-bond acceptors (Lipinski definition) is 8. The van der Waals surface area contributed by atoms with Crippen LogP contribution in [-0.2, 0) is 4.79 Å². The molecule has 1 unspecified atom stereocenters. The third kappa shape index (κ3) is 3.82. The lowest BCUT2D eigenvalue weighted by Crippen LogP contribution is -2.21. The van der Waals surface area contributed by atoms with Crippen LogP contribution in [0.1, 0.15) is 39.4 Å². The van der Waals surface area contributed by atoms with Crippen molar-refractivity contribution in [3.8, 4) is 34.5 Å². The van der Waals surface area contributed by atoms with E-state index in [0.29, 0.717) is 51.0 Å². The largest absolute Gasteiger partial charge is 0.504 e. The molecule has 1 atom stereocenters. The smallest absolute Gasteiger partial charge is 0.312 e. The van der Waals surface area contributed by atoms with Crippen LogP contribution in [0.25, 0.3) is 6.08 Å². The first-order valence-electron chi connectivity index (χ1n) is 10.8. The van der Waals surface area contributed by atoms with E-state index in [1.54, 1.807) is 61.7 Å².